The standard InChI is InChI=1S/6C9H11.2Bi.2ClH/c6*1-7-4-8(2)6-9(3)5-7;;;;/h6*4-5H,1-3H3;;;2*1H. The van der Waals surface area contributed by atoms with E-state index in [1.54, 1.807) is 19.6 Å². The third-order valence-electron chi connectivity index (χ3n) is 11.2. The van der Waals surface area contributed by atoms with Crippen molar-refractivity contribution in [3.63, 3.8) is 0 Å². The predicted octanol–water partition coefficient (Wildman–Crippen LogP) is 10.8. The number of rotatable bonds is 6. The van der Waals surface area contributed by atoms with Gasteiger partial charge in [-0.15, -0.1) is 24.8 Å². The van der Waals surface area contributed by atoms with E-state index in [-0.39, 0.29) is 24.8 Å². The van der Waals surface area contributed by atoms with E-state index in [0.29, 0.717) is 0 Å². The van der Waals surface area contributed by atoms with Gasteiger partial charge in [0.05, 0.1) is 0 Å². The molecule has 0 heterocycles. The molecule has 6 aromatic rings. The van der Waals surface area contributed by atoms with Crippen molar-refractivity contribution in [3.05, 3.63) is 173 Å². The summed E-state index contributed by atoms with van der Waals surface area (Å²) in [6.07, 6.45) is 0. The molecule has 0 N–H and O–H groups in total. The molecule has 0 unspecified atom stereocenters. The Hall–Kier alpha value is -2.33. The van der Waals surface area contributed by atoms with Crippen LogP contribution in [-0.4, -0.2) is 43.5 Å². The van der Waals surface area contributed by atoms with Gasteiger partial charge >= 0.3 is 361 Å². The van der Waals surface area contributed by atoms with Crippen molar-refractivity contribution in [3.8, 4) is 0 Å². The molecule has 0 saturated carbocycles. The van der Waals surface area contributed by atoms with Crippen LogP contribution in [-0.2, 0) is 0 Å². The molecular formula is C54H68Bi2Cl2. The quantitative estimate of drug-likeness (QED) is 0.146. The van der Waals surface area contributed by atoms with Crippen molar-refractivity contribution >= 4 is 87.9 Å². The van der Waals surface area contributed by atoms with Gasteiger partial charge in [-0.25, -0.2) is 0 Å². The topological polar surface area (TPSA) is 0 Å². The summed E-state index contributed by atoms with van der Waals surface area (Å²) < 4.78 is 10.0. The fourth-order valence-electron chi connectivity index (χ4n) is 9.82. The maximum Gasteiger partial charge on any atom is -0.147 e. The fraction of sp³-hybridized carbons (Fsp3) is 0.333. The predicted molar refractivity (Wildman–Crippen MR) is 268 cm³/mol. The summed E-state index contributed by atoms with van der Waals surface area (Å²) in [7, 11) is 0. The second-order valence-electron chi connectivity index (χ2n) is 17.2. The van der Waals surface area contributed by atoms with Crippen molar-refractivity contribution in [2.24, 2.45) is 0 Å². The Bertz CT molecular complexity index is 1890. The van der Waals surface area contributed by atoms with E-state index < -0.39 is 43.5 Å². The summed E-state index contributed by atoms with van der Waals surface area (Å²) in [5.74, 6) is 0. The minimum Gasteiger partial charge on any atom is -0.147 e. The summed E-state index contributed by atoms with van der Waals surface area (Å²) in [6.45, 7) is 41.3. The summed E-state index contributed by atoms with van der Waals surface area (Å²) in [4.78, 5) is 0. The molecule has 6 rings (SSSR count). The maximum atomic E-state index is 2.39. The van der Waals surface area contributed by atoms with Gasteiger partial charge in [-0.1, -0.05) is 0 Å². The molecule has 0 nitrogen and oxygen atoms in total. The minimum absolute atomic E-state index is 0. The first-order valence-corrected chi connectivity index (χ1v) is 30.7. The Morgan fingerprint density at radius 2 is 0.276 bits per heavy atom. The average molecular weight is 1210 g/mol. The van der Waals surface area contributed by atoms with Gasteiger partial charge in [-0.3, -0.25) is 0 Å². The van der Waals surface area contributed by atoms with E-state index in [9.17, 15) is 0 Å². The van der Waals surface area contributed by atoms with Gasteiger partial charge in [0, 0.05) is 0 Å². The van der Waals surface area contributed by atoms with Gasteiger partial charge in [0.1, 0.15) is 0 Å². The molecule has 0 amide bonds. The average Bonchev–Trinajstić information content (AvgIpc) is 3.02. The van der Waals surface area contributed by atoms with E-state index >= 15 is 0 Å². The third kappa shape index (κ3) is 10.8. The molecule has 0 radical (unpaired) electrons. The molecule has 0 bridgehead atoms. The zero-order chi connectivity index (χ0) is 41.5. The zero-order valence-electron chi connectivity index (χ0n) is 38.6. The Labute approximate surface area is 381 Å². The molecule has 4 heteroatoms. The Balaban J connectivity index is 0.000000300. The normalized spacial score (nSPS) is 11.0. The van der Waals surface area contributed by atoms with Gasteiger partial charge in [0.15, 0.2) is 0 Å². The van der Waals surface area contributed by atoms with Crippen LogP contribution < -0.4 is 19.6 Å². The van der Waals surface area contributed by atoms with Gasteiger partial charge in [0.25, 0.3) is 0 Å². The number of aryl methyl sites for hydroxylation is 18. The van der Waals surface area contributed by atoms with E-state index in [2.05, 4.69) is 197 Å². The summed E-state index contributed by atoms with van der Waals surface area (Å²) in [6, 6.07) is 28.7. The molecule has 0 aliphatic rings. The largest absolute Gasteiger partial charge is 0.147 e. The SMILES string of the molecule is Cc1cc(C)[c]([Bi]([c]2c(C)cc(C)cc2C)[c]2c(C)cc(C)cc2C)c(C)c1.Cc1cc(C)[c]([Bi]([c]2c(C)cc(C)cc2C)[c]2c(C)cc(C)cc2C)c(C)c1.Cl.Cl. The van der Waals surface area contributed by atoms with E-state index in [1.807, 2.05) is 0 Å². The van der Waals surface area contributed by atoms with Crippen LogP contribution in [0.2, 0.25) is 0 Å². The van der Waals surface area contributed by atoms with Gasteiger partial charge in [-0.05, 0) is 0 Å². The molecule has 0 aliphatic carbocycles. The first kappa shape index (κ1) is 50.0. The second kappa shape index (κ2) is 20.5. The van der Waals surface area contributed by atoms with Gasteiger partial charge < -0.3 is 0 Å². The first-order chi connectivity index (χ1) is 26.2. The molecule has 308 valence electrons. The Morgan fingerprint density at radius 3 is 0.362 bits per heavy atom. The van der Waals surface area contributed by atoms with Crippen molar-refractivity contribution in [2.45, 2.75) is 125 Å². The number of hydrogen-bond acceptors (Lipinski definition) is 0. The molecule has 0 atom stereocenters. The van der Waals surface area contributed by atoms with Gasteiger partial charge in [-0.2, -0.15) is 0 Å². The fourth-order valence-corrected chi connectivity index (χ4v) is 34.5. The molecule has 0 fully saturated rings. The number of halogens is 2. The van der Waals surface area contributed by atoms with Crippen LogP contribution in [0.5, 0.6) is 0 Å². The molecule has 6 aromatic carbocycles. The summed E-state index contributed by atoms with van der Waals surface area (Å²) in [5.41, 5.74) is 26.0. The van der Waals surface area contributed by atoms with Crippen LogP contribution in [0.25, 0.3) is 0 Å². The Morgan fingerprint density at radius 1 is 0.190 bits per heavy atom. The van der Waals surface area contributed by atoms with Crippen molar-refractivity contribution in [2.75, 3.05) is 0 Å². The monoisotopic (exact) mass is 1200 g/mol. The van der Waals surface area contributed by atoms with Crippen LogP contribution in [0.15, 0.2) is 72.8 Å². The van der Waals surface area contributed by atoms with Crippen molar-refractivity contribution < 1.29 is 0 Å². The maximum absolute atomic E-state index is 2.48. The second-order valence-corrected chi connectivity index (χ2v) is 32.8. The number of benzene rings is 6. The van der Waals surface area contributed by atoms with Crippen molar-refractivity contribution in [1.82, 2.24) is 0 Å². The van der Waals surface area contributed by atoms with Crippen LogP contribution in [0.3, 0.4) is 0 Å². The molecule has 0 saturated heterocycles. The van der Waals surface area contributed by atoms with Crippen LogP contribution >= 0.6 is 24.8 Å². The Kier molecular flexibility index (Phi) is 17.7. The summed E-state index contributed by atoms with van der Waals surface area (Å²) in [5, 5.41) is 0. The van der Waals surface area contributed by atoms with Crippen LogP contribution in [0, 0.1) is 125 Å². The zero-order valence-corrected chi connectivity index (χ0v) is 47.2. The van der Waals surface area contributed by atoms with E-state index in [4.69, 9.17) is 0 Å². The van der Waals surface area contributed by atoms with Crippen molar-refractivity contribution in [1.29, 1.82) is 0 Å². The third-order valence-corrected chi connectivity index (χ3v) is 38.0. The van der Waals surface area contributed by atoms with E-state index in [1.165, 1.54) is 100 Å². The molecule has 0 spiro atoms. The molecule has 58 heavy (non-hydrogen) atoms. The summed E-state index contributed by atoms with van der Waals surface area (Å²) >= 11 is -4.96. The number of hydrogen-bond donors (Lipinski definition) is 0. The van der Waals surface area contributed by atoms with Gasteiger partial charge in [0.2, 0.25) is 0 Å². The smallest absolute Gasteiger partial charge is 0.147 e. The van der Waals surface area contributed by atoms with E-state index in [0.717, 1.165) is 0 Å². The first-order valence-electron chi connectivity index (χ1n) is 20.3. The molecule has 0 aromatic heterocycles. The molecule has 0 aliphatic heterocycles. The van der Waals surface area contributed by atoms with Crippen LogP contribution in [0.4, 0.5) is 0 Å². The van der Waals surface area contributed by atoms with Crippen LogP contribution in [0.1, 0.15) is 100 Å². The minimum atomic E-state index is -2.48. The molecular weight excluding hydrogens is 1140 g/mol.